The number of hydrogen-bond acceptors (Lipinski definition) is 3. The zero-order chi connectivity index (χ0) is 16.4. The summed E-state index contributed by atoms with van der Waals surface area (Å²) in [5.41, 5.74) is 7.18. The van der Waals surface area contributed by atoms with E-state index in [9.17, 15) is 13.6 Å². The molecule has 0 saturated heterocycles. The number of rotatable bonds is 3. The van der Waals surface area contributed by atoms with Gasteiger partial charge in [-0.1, -0.05) is 18.2 Å². The lowest BCUT2D eigenvalue weighted by molar-refractivity contribution is 0.102. The van der Waals surface area contributed by atoms with Gasteiger partial charge in [-0.3, -0.25) is 4.79 Å². The number of nitrogens with zero attached hydrogens (tertiary/aromatic N) is 1. The Labute approximate surface area is 130 Å². The van der Waals surface area contributed by atoms with Gasteiger partial charge in [0, 0.05) is 17.2 Å². The molecule has 0 spiro atoms. The maximum Gasteiger partial charge on any atom is 0.255 e. The van der Waals surface area contributed by atoms with Gasteiger partial charge in [-0.25, -0.2) is 13.8 Å². The quantitative estimate of drug-likeness (QED) is 0.694. The van der Waals surface area contributed by atoms with Crippen LogP contribution in [0, 0.1) is 11.6 Å². The highest BCUT2D eigenvalue weighted by atomic mass is 19.1. The number of nitrogens with one attached hydrogen (secondary N) is 2. The molecule has 0 saturated carbocycles. The summed E-state index contributed by atoms with van der Waals surface area (Å²) in [4.78, 5) is 19.0. The third-order valence-electron chi connectivity index (χ3n) is 3.19. The topological polar surface area (TPSA) is 83.8 Å². The predicted molar refractivity (Wildman–Crippen MR) is 82.7 cm³/mol. The maximum absolute atomic E-state index is 13.2. The fourth-order valence-corrected chi connectivity index (χ4v) is 2.18. The number of benzene rings is 2. The first kappa shape index (κ1) is 14.7. The number of halogens is 2. The molecule has 0 bridgehead atoms. The Morgan fingerprint density at radius 2 is 1.83 bits per heavy atom. The zero-order valence-corrected chi connectivity index (χ0v) is 11.8. The van der Waals surface area contributed by atoms with Crippen LogP contribution in [0.5, 0.6) is 0 Å². The van der Waals surface area contributed by atoms with E-state index < -0.39 is 17.5 Å². The lowest BCUT2D eigenvalue weighted by Crippen LogP contribution is -2.13. The average molecular weight is 314 g/mol. The van der Waals surface area contributed by atoms with Crippen molar-refractivity contribution < 1.29 is 13.6 Å². The van der Waals surface area contributed by atoms with E-state index in [-0.39, 0.29) is 11.5 Å². The van der Waals surface area contributed by atoms with Crippen LogP contribution in [0.2, 0.25) is 0 Å². The third-order valence-corrected chi connectivity index (χ3v) is 3.19. The van der Waals surface area contributed by atoms with Crippen molar-refractivity contribution in [3.05, 3.63) is 65.9 Å². The number of anilines is 2. The van der Waals surface area contributed by atoms with Gasteiger partial charge >= 0.3 is 0 Å². The van der Waals surface area contributed by atoms with Crippen molar-refractivity contribution in [1.82, 2.24) is 9.97 Å². The largest absolute Gasteiger partial charge is 0.369 e. The second-order valence-electron chi connectivity index (χ2n) is 4.84. The Bertz CT molecular complexity index is 856. The van der Waals surface area contributed by atoms with E-state index in [2.05, 4.69) is 15.3 Å². The Balaban J connectivity index is 1.92. The number of carbonyl (C=O) groups excluding carboxylic acids is 1. The molecule has 0 atom stereocenters. The lowest BCUT2D eigenvalue weighted by Gasteiger charge is -2.10. The number of para-hydroxylation sites is 1. The highest BCUT2D eigenvalue weighted by Crippen LogP contribution is 2.27. The molecule has 3 rings (SSSR count). The van der Waals surface area contributed by atoms with Crippen molar-refractivity contribution in [1.29, 1.82) is 0 Å². The van der Waals surface area contributed by atoms with Crippen LogP contribution in [0.25, 0.3) is 11.3 Å². The lowest BCUT2D eigenvalue weighted by atomic mass is 10.1. The SMILES string of the molecule is Nc1ncc(-c2ccccc2NC(=O)c2cc(F)cc(F)c2)[nH]1. The predicted octanol–water partition coefficient (Wildman–Crippen LogP) is 3.19. The second-order valence-corrected chi connectivity index (χ2v) is 4.84. The molecule has 2 aromatic carbocycles. The van der Waals surface area contributed by atoms with Gasteiger partial charge in [0.2, 0.25) is 0 Å². The van der Waals surface area contributed by atoms with Gasteiger partial charge in [-0.15, -0.1) is 0 Å². The fourth-order valence-electron chi connectivity index (χ4n) is 2.18. The molecular formula is C16H12F2N4O. The van der Waals surface area contributed by atoms with E-state index >= 15 is 0 Å². The molecule has 1 amide bonds. The minimum atomic E-state index is -0.815. The van der Waals surface area contributed by atoms with E-state index in [0.29, 0.717) is 23.0 Å². The Hall–Kier alpha value is -3.22. The minimum Gasteiger partial charge on any atom is -0.369 e. The van der Waals surface area contributed by atoms with Gasteiger partial charge in [0.1, 0.15) is 11.6 Å². The van der Waals surface area contributed by atoms with E-state index in [1.807, 2.05) is 0 Å². The number of H-pyrrole nitrogens is 1. The zero-order valence-electron chi connectivity index (χ0n) is 11.8. The standard InChI is InChI=1S/C16H12F2N4O/c17-10-5-9(6-11(18)7-10)15(23)21-13-4-2-1-3-12(13)14-8-20-16(19)22-14/h1-8H,(H,21,23)(H3,19,20,22). The van der Waals surface area contributed by atoms with Gasteiger partial charge in [0.25, 0.3) is 5.91 Å². The molecule has 3 aromatic rings. The summed E-state index contributed by atoms with van der Waals surface area (Å²) in [6, 6.07) is 9.58. The first-order valence-electron chi connectivity index (χ1n) is 6.70. The Morgan fingerprint density at radius 1 is 1.13 bits per heavy atom. The monoisotopic (exact) mass is 314 g/mol. The van der Waals surface area contributed by atoms with Crippen LogP contribution in [-0.4, -0.2) is 15.9 Å². The van der Waals surface area contributed by atoms with Crippen LogP contribution < -0.4 is 11.1 Å². The number of nitrogens with two attached hydrogens (primary N) is 1. The van der Waals surface area contributed by atoms with E-state index in [1.54, 1.807) is 24.3 Å². The summed E-state index contributed by atoms with van der Waals surface area (Å²) in [5, 5.41) is 2.63. The molecule has 0 aliphatic heterocycles. The molecular weight excluding hydrogens is 302 g/mol. The van der Waals surface area contributed by atoms with E-state index in [1.165, 1.54) is 6.20 Å². The van der Waals surface area contributed by atoms with Crippen LogP contribution >= 0.6 is 0 Å². The molecule has 0 radical (unpaired) electrons. The first-order valence-corrected chi connectivity index (χ1v) is 6.70. The fraction of sp³-hybridized carbons (Fsp3) is 0. The van der Waals surface area contributed by atoms with Gasteiger partial charge in [-0.05, 0) is 18.2 Å². The molecule has 1 aromatic heterocycles. The molecule has 5 nitrogen and oxygen atoms in total. The molecule has 4 N–H and O–H groups in total. The van der Waals surface area contributed by atoms with Crippen LogP contribution in [0.4, 0.5) is 20.4 Å². The maximum atomic E-state index is 13.2. The molecule has 7 heteroatoms. The van der Waals surface area contributed by atoms with Crippen molar-refractivity contribution in [2.24, 2.45) is 0 Å². The molecule has 1 heterocycles. The van der Waals surface area contributed by atoms with Crippen LogP contribution in [0.15, 0.2) is 48.7 Å². The highest BCUT2D eigenvalue weighted by Gasteiger charge is 2.13. The second kappa shape index (κ2) is 5.88. The number of hydrogen-bond donors (Lipinski definition) is 3. The van der Waals surface area contributed by atoms with Crippen LogP contribution in [-0.2, 0) is 0 Å². The first-order chi connectivity index (χ1) is 11.0. The normalized spacial score (nSPS) is 10.5. The number of aromatic amines is 1. The Morgan fingerprint density at radius 3 is 2.48 bits per heavy atom. The number of imidazole rings is 1. The van der Waals surface area contributed by atoms with Gasteiger partial charge in [0.15, 0.2) is 5.95 Å². The van der Waals surface area contributed by atoms with Crippen molar-refractivity contribution >= 4 is 17.5 Å². The van der Waals surface area contributed by atoms with Crippen molar-refractivity contribution in [2.45, 2.75) is 0 Å². The van der Waals surface area contributed by atoms with E-state index in [4.69, 9.17) is 5.73 Å². The molecule has 0 aliphatic carbocycles. The number of aromatic nitrogens is 2. The van der Waals surface area contributed by atoms with Gasteiger partial charge in [0.05, 0.1) is 17.6 Å². The minimum absolute atomic E-state index is 0.110. The summed E-state index contributed by atoms with van der Waals surface area (Å²) >= 11 is 0. The van der Waals surface area contributed by atoms with Crippen LogP contribution in [0.3, 0.4) is 0 Å². The summed E-state index contributed by atoms with van der Waals surface area (Å²) in [6.45, 7) is 0. The number of carbonyl (C=O) groups is 1. The van der Waals surface area contributed by atoms with Gasteiger partial charge in [-0.2, -0.15) is 0 Å². The van der Waals surface area contributed by atoms with Crippen molar-refractivity contribution in [3.63, 3.8) is 0 Å². The van der Waals surface area contributed by atoms with Gasteiger partial charge < -0.3 is 16.0 Å². The molecule has 116 valence electrons. The van der Waals surface area contributed by atoms with Crippen molar-refractivity contribution in [2.75, 3.05) is 11.1 Å². The Kier molecular flexibility index (Phi) is 3.76. The van der Waals surface area contributed by atoms with E-state index in [0.717, 1.165) is 12.1 Å². The molecule has 0 aliphatic rings. The average Bonchev–Trinajstić information content (AvgIpc) is 2.93. The smallest absolute Gasteiger partial charge is 0.255 e. The van der Waals surface area contributed by atoms with Crippen LogP contribution in [0.1, 0.15) is 10.4 Å². The summed E-state index contributed by atoms with van der Waals surface area (Å²) in [5.74, 6) is -2.01. The molecule has 23 heavy (non-hydrogen) atoms. The summed E-state index contributed by atoms with van der Waals surface area (Å²) < 4.78 is 26.5. The summed E-state index contributed by atoms with van der Waals surface area (Å²) in [6.07, 6.45) is 1.53. The number of nitrogen functional groups attached to an aromatic ring is 1. The summed E-state index contributed by atoms with van der Waals surface area (Å²) in [7, 11) is 0. The molecule has 0 fully saturated rings. The number of amides is 1. The van der Waals surface area contributed by atoms with Crippen molar-refractivity contribution in [3.8, 4) is 11.3 Å². The molecule has 0 unspecified atom stereocenters. The highest BCUT2D eigenvalue weighted by molar-refractivity contribution is 6.06. The third kappa shape index (κ3) is 3.18.